The summed E-state index contributed by atoms with van der Waals surface area (Å²) in [5.74, 6) is -0.550. The summed E-state index contributed by atoms with van der Waals surface area (Å²) in [6.45, 7) is 0. The molecule has 2 amide bonds. The van der Waals surface area contributed by atoms with E-state index in [1.165, 1.54) is 29.2 Å². The number of hydrogen-bond donors (Lipinski definition) is 0. The van der Waals surface area contributed by atoms with E-state index in [-0.39, 0.29) is 23.3 Å². The van der Waals surface area contributed by atoms with Crippen LogP contribution in [0, 0.1) is 0 Å². The molecule has 8 heteroatoms. The van der Waals surface area contributed by atoms with Gasteiger partial charge in [0, 0.05) is 11.4 Å². The van der Waals surface area contributed by atoms with Crippen LogP contribution in [0.2, 0.25) is 10.0 Å². The van der Waals surface area contributed by atoms with Crippen molar-refractivity contribution in [3.8, 4) is 0 Å². The number of anilines is 1. The van der Waals surface area contributed by atoms with Crippen molar-refractivity contribution in [2.45, 2.75) is 16.0 Å². The van der Waals surface area contributed by atoms with Gasteiger partial charge in [0.2, 0.25) is 11.8 Å². The number of carbonyl (C=O) groups excluding carboxylic acids is 2. The van der Waals surface area contributed by atoms with Gasteiger partial charge < -0.3 is 0 Å². The van der Waals surface area contributed by atoms with Crippen molar-refractivity contribution in [2.75, 3.05) is 4.90 Å². The van der Waals surface area contributed by atoms with Gasteiger partial charge in [-0.3, -0.25) is 9.59 Å². The Bertz CT molecular complexity index is 972. The average molecular weight is 409 g/mol. The van der Waals surface area contributed by atoms with Crippen LogP contribution in [0.5, 0.6) is 0 Å². The third-order valence-corrected chi connectivity index (χ3v) is 6.63. The zero-order valence-corrected chi connectivity index (χ0v) is 15.8. The van der Waals surface area contributed by atoms with E-state index in [2.05, 4.69) is 4.98 Å². The zero-order valence-electron chi connectivity index (χ0n) is 12.6. The van der Waals surface area contributed by atoms with Gasteiger partial charge in [-0.1, -0.05) is 47.1 Å². The third kappa shape index (κ3) is 3.15. The summed E-state index contributed by atoms with van der Waals surface area (Å²) in [5.41, 5.74) is 1.26. The molecular formula is C17H10Cl2N2O2S2. The van der Waals surface area contributed by atoms with Crippen LogP contribution in [0.1, 0.15) is 6.42 Å². The van der Waals surface area contributed by atoms with Crippen molar-refractivity contribution in [1.29, 1.82) is 0 Å². The second kappa shape index (κ2) is 6.61. The summed E-state index contributed by atoms with van der Waals surface area (Å²) >= 11 is 14.9. The molecular weight excluding hydrogens is 399 g/mol. The number of thioether (sulfide) groups is 1. The van der Waals surface area contributed by atoms with E-state index in [1.54, 1.807) is 12.1 Å². The number of rotatable bonds is 3. The molecule has 0 N–H and O–H groups in total. The van der Waals surface area contributed by atoms with Crippen molar-refractivity contribution in [3.63, 3.8) is 0 Å². The van der Waals surface area contributed by atoms with Crippen LogP contribution in [0.3, 0.4) is 0 Å². The predicted octanol–water partition coefficient (Wildman–Crippen LogP) is 5.03. The van der Waals surface area contributed by atoms with Crippen molar-refractivity contribution in [1.82, 2.24) is 4.98 Å². The van der Waals surface area contributed by atoms with Crippen LogP contribution in [0.15, 0.2) is 46.8 Å². The number of nitrogens with zero attached hydrogens (tertiary/aromatic N) is 2. The first-order valence-electron chi connectivity index (χ1n) is 7.37. The molecule has 1 aromatic heterocycles. The van der Waals surface area contributed by atoms with Gasteiger partial charge in [0.15, 0.2) is 4.34 Å². The lowest BCUT2D eigenvalue weighted by atomic mass is 10.3. The first kappa shape index (κ1) is 16.8. The van der Waals surface area contributed by atoms with Gasteiger partial charge in [0.1, 0.15) is 5.25 Å². The highest BCUT2D eigenvalue weighted by Gasteiger charge is 2.41. The van der Waals surface area contributed by atoms with Crippen molar-refractivity contribution in [2.24, 2.45) is 0 Å². The molecule has 25 heavy (non-hydrogen) atoms. The fourth-order valence-electron chi connectivity index (χ4n) is 2.64. The van der Waals surface area contributed by atoms with Crippen molar-refractivity contribution >= 4 is 74.0 Å². The van der Waals surface area contributed by atoms with Crippen LogP contribution < -0.4 is 4.90 Å². The van der Waals surface area contributed by atoms with E-state index in [0.717, 1.165) is 19.5 Å². The van der Waals surface area contributed by atoms with E-state index < -0.39 is 5.25 Å². The topological polar surface area (TPSA) is 50.3 Å². The number of hydrogen-bond acceptors (Lipinski definition) is 5. The normalized spacial score (nSPS) is 17.7. The molecule has 0 bridgehead atoms. The highest BCUT2D eigenvalue weighted by molar-refractivity contribution is 8.02. The van der Waals surface area contributed by atoms with Crippen LogP contribution >= 0.6 is 46.3 Å². The summed E-state index contributed by atoms with van der Waals surface area (Å²) in [5, 5.41) is 0.230. The standard InChI is InChI=1S/C17H10Cl2N2O2S2/c18-9-5-6-12(10(19)7-9)21-15(22)8-14(16(21)23)25-17-20-11-3-1-2-4-13(11)24-17/h1-7,14H,8H2. The number of carbonyl (C=O) groups is 2. The minimum Gasteiger partial charge on any atom is -0.274 e. The van der Waals surface area contributed by atoms with Gasteiger partial charge in [0.05, 0.1) is 20.9 Å². The summed E-state index contributed by atoms with van der Waals surface area (Å²) in [6.07, 6.45) is 0.123. The second-order valence-corrected chi connectivity index (χ2v) is 8.75. The fraction of sp³-hybridized carbons (Fsp3) is 0.118. The zero-order chi connectivity index (χ0) is 17.6. The lowest BCUT2D eigenvalue weighted by Gasteiger charge is -2.16. The smallest absolute Gasteiger partial charge is 0.247 e. The fourth-order valence-corrected chi connectivity index (χ4v) is 5.46. The van der Waals surface area contributed by atoms with Gasteiger partial charge >= 0.3 is 0 Å². The molecule has 0 radical (unpaired) electrons. The molecule has 3 aromatic rings. The quantitative estimate of drug-likeness (QED) is 0.570. The van der Waals surface area contributed by atoms with E-state index >= 15 is 0 Å². The lowest BCUT2D eigenvalue weighted by molar-refractivity contribution is -0.121. The second-order valence-electron chi connectivity index (χ2n) is 5.42. The largest absolute Gasteiger partial charge is 0.274 e. The van der Waals surface area contributed by atoms with E-state index in [1.807, 2.05) is 24.3 Å². The average Bonchev–Trinajstić information content (AvgIpc) is 3.09. The van der Waals surface area contributed by atoms with Crippen molar-refractivity contribution in [3.05, 3.63) is 52.5 Å². The first-order valence-corrected chi connectivity index (χ1v) is 9.82. The number of benzene rings is 2. The SMILES string of the molecule is O=C1CC(Sc2nc3ccccc3s2)C(=O)N1c1ccc(Cl)cc1Cl. The number of imide groups is 1. The molecule has 4 nitrogen and oxygen atoms in total. The van der Waals surface area contributed by atoms with E-state index in [9.17, 15) is 9.59 Å². The molecule has 2 heterocycles. The minimum atomic E-state index is -0.500. The van der Waals surface area contributed by atoms with Crippen LogP contribution in [0.25, 0.3) is 10.2 Å². The van der Waals surface area contributed by atoms with E-state index in [4.69, 9.17) is 23.2 Å². The Morgan fingerprint density at radius 2 is 1.96 bits per heavy atom. The number of para-hydroxylation sites is 1. The maximum absolute atomic E-state index is 12.7. The summed E-state index contributed by atoms with van der Waals surface area (Å²) in [6, 6.07) is 12.5. The molecule has 1 fully saturated rings. The lowest BCUT2D eigenvalue weighted by Crippen LogP contribution is -2.31. The van der Waals surface area contributed by atoms with Gasteiger partial charge in [0.25, 0.3) is 0 Å². The minimum absolute atomic E-state index is 0.123. The number of aromatic nitrogens is 1. The molecule has 2 aromatic carbocycles. The third-order valence-electron chi connectivity index (χ3n) is 3.77. The highest BCUT2D eigenvalue weighted by atomic mass is 35.5. The molecule has 4 rings (SSSR count). The molecule has 1 atom stereocenters. The van der Waals surface area contributed by atoms with E-state index in [0.29, 0.717) is 10.7 Å². The molecule has 1 aliphatic rings. The Morgan fingerprint density at radius 1 is 1.16 bits per heavy atom. The van der Waals surface area contributed by atoms with Gasteiger partial charge in [-0.2, -0.15) is 0 Å². The van der Waals surface area contributed by atoms with Crippen LogP contribution in [-0.2, 0) is 9.59 Å². The molecule has 0 saturated carbocycles. The van der Waals surface area contributed by atoms with Crippen LogP contribution in [0.4, 0.5) is 5.69 Å². The molecule has 126 valence electrons. The number of fused-ring (bicyclic) bond motifs is 1. The van der Waals surface area contributed by atoms with Gasteiger partial charge in [-0.05, 0) is 30.3 Å². The molecule has 0 aliphatic carbocycles. The molecule has 1 unspecified atom stereocenters. The van der Waals surface area contributed by atoms with Gasteiger partial charge in [-0.15, -0.1) is 11.3 Å². The maximum atomic E-state index is 12.7. The first-order chi connectivity index (χ1) is 12.0. The van der Waals surface area contributed by atoms with Crippen LogP contribution in [-0.4, -0.2) is 22.0 Å². The Hall–Kier alpha value is -1.60. The number of amides is 2. The Balaban J connectivity index is 1.60. The summed E-state index contributed by atoms with van der Waals surface area (Å²) in [4.78, 5) is 30.8. The maximum Gasteiger partial charge on any atom is 0.247 e. The molecule has 1 saturated heterocycles. The number of halogens is 2. The Labute approximate surface area is 161 Å². The molecule has 0 spiro atoms. The monoisotopic (exact) mass is 408 g/mol. The van der Waals surface area contributed by atoms with Crippen molar-refractivity contribution < 1.29 is 9.59 Å². The molecule has 1 aliphatic heterocycles. The highest BCUT2D eigenvalue weighted by Crippen LogP contribution is 2.39. The summed E-state index contributed by atoms with van der Waals surface area (Å²) < 4.78 is 1.83. The summed E-state index contributed by atoms with van der Waals surface area (Å²) in [7, 11) is 0. The predicted molar refractivity (Wildman–Crippen MR) is 103 cm³/mol. The Morgan fingerprint density at radius 3 is 2.72 bits per heavy atom. The van der Waals surface area contributed by atoms with Gasteiger partial charge in [-0.25, -0.2) is 9.88 Å². The Kier molecular flexibility index (Phi) is 4.45. The number of thiazole rings is 1.